The molecule has 0 atom stereocenters. The van der Waals surface area contributed by atoms with Gasteiger partial charge in [-0.2, -0.15) is 0 Å². The SMILES string of the molecule is C1CC2CCOC2O1.CC.O. The normalized spacial score (nSPS) is 33.3. The highest BCUT2D eigenvalue weighted by Gasteiger charge is 2.33. The Labute approximate surface area is 68.0 Å². The van der Waals surface area contributed by atoms with Crippen molar-refractivity contribution in [1.29, 1.82) is 0 Å². The maximum atomic E-state index is 5.25. The summed E-state index contributed by atoms with van der Waals surface area (Å²) < 4.78 is 10.5. The number of fused-ring (bicyclic) bond motifs is 1. The highest BCUT2D eigenvalue weighted by atomic mass is 16.7. The minimum absolute atomic E-state index is 0. The summed E-state index contributed by atoms with van der Waals surface area (Å²) in [4.78, 5) is 0. The second-order valence-corrected chi connectivity index (χ2v) is 2.45. The Morgan fingerprint density at radius 3 is 1.82 bits per heavy atom. The van der Waals surface area contributed by atoms with Gasteiger partial charge < -0.3 is 14.9 Å². The summed E-state index contributed by atoms with van der Waals surface area (Å²) in [6.45, 7) is 5.82. The van der Waals surface area contributed by atoms with E-state index in [1.165, 1.54) is 12.8 Å². The molecule has 0 bridgehead atoms. The number of ether oxygens (including phenoxy) is 2. The van der Waals surface area contributed by atoms with Gasteiger partial charge in [0.15, 0.2) is 6.29 Å². The van der Waals surface area contributed by atoms with E-state index in [1.807, 2.05) is 13.8 Å². The number of rotatable bonds is 0. The van der Waals surface area contributed by atoms with Gasteiger partial charge in [0.05, 0.1) is 13.2 Å². The first-order chi connectivity index (χ1) is 4.97. The van der Waals surface area contributed by atoms with Crippen LogP contribution in [0.3, 0.4) is 0 Å². The number of hydrogen-bond acceptors (Lipinski definition) is 2. The van der Waals surface area contributed by atoms with E-state index in [0.717, 1.165) is 19.1 Å². The smallest absolute Gasteiger partial charge is 0.160 e. The Morgan fingerprint density at radius 2 is 1.45 bits per heavy atom. The van der Waals surface area contributed by atoms with Crippen molar-refractivity contribution in [2.24, 2.45) is 5.92 Å². The van der Waals surface area contributed by atoms with Crippen molar-refractivity contribution in [3.63, 3.8) is 0 Å². The van der Waals surface area contributed by atoms with Gasteiger partial charge in [0.25, 0.3) is 0 Å². The molecule has 11 heavy (non-hydrogen) atoms. The highest BCUT2D eigenvalue weighted by Crippen LogP contribution is 2.30. The lowest BCUT2D eigenvalue weighted by Crippen LogP contribution is -2.08. The van der Waals surface area contributed by atoms with Crippen LogP contribution in [0.2, 0.25) is 0 Å². The maximum Gasteiger partial charge on any atom is 0.160 e. The van der Waals surface area contributed by atoms with E-state index in [2.05, 4.69) is 0 Å². The van der Waals surface area contributed by atoms with E-state index >= 15 is 0 Å². The summed E-state index contributed by atoms with van der Waals surface area (Å²) in [6, 6.07) is 0. The minimum atomic E-state index is 0. The van der Waals surface area contributed by atoms with Gasteiger partial charge in [-0.1, -0.05) is 13.8 Å². The van der Waals surface area contributed by atoms with Crippen molar-refractivity contribution in [1.82, 2.24) is 0 Å². The Morgan fingerprint density at radius 1 is 1.00 bits per heavy atom. The molecule has 2 fully saturated rings. The zero-order valence-electron chi connectivity index (χ0n) is 7.30. The average molecular weight is 162 g/mol. The quantitative estimate of drug-likeness (QED) is 0.533. The Bertz CT molecular complexity index is 75.3. The standard InChI is InChI=1S/C6H10O2.C2H6.H2O/c1-3-7-6-5(1)2-4-8-6;1-2;/h5-6H,1-4H2;1-2H3;1H2. The molecular formula is C8H18O3. The summed E-state index contributed by atoms with van der Waals surface area (Å²) in [6.07, 6.45) is 2.60. The molecule has 0 amide bonds. The van der Waals surface area contributed by atoms with Crippen LogP contribution in [0.15, 0.2) is 0 Å². The van der Waals surface area contributed by atoms with E-state index in [9.17, 15) is 0 Å². The molecule has 0 saturated carbocycles. The Hall–Kier alpha value is -0.120. The van der Waals surface area contributed by atoms with Gasteiger partial charge in [0, 0.05) is 5.92 Å². The van der Waals surface area contributed by atoms with Crippen LogP contribution in [0.1, 0.15) is 26.7 Å². The fourth-order valence-electron chi connectivity index (χ4n) is 1.41. The molecule has 0 aromatic heterocycles. The Balaban J connectivity index is 0.000000311. The zero-order valence-corrected chi connectivity index (χ0v) is 7.30. The molecule has 2 N–H and O–H groups in total. The first-order valence-electron chi connectivity index (χ1n) is 4.20. The molecule has 68 valence electrons. The van der Waals surface area contributed by atoms with Crippen LogP contribution < -0.4 is 0 Å². The maximum absolute atomic E-state index is 5.25. The molecular weight excluding hydrogens is 144 g/mol. The minimum Gasteiger partial charge on any atom is -0.412 e. The van der Waals surface area contributed by atoms with E-state index in [0.29, 0.717) is 0 Å². The van der Waals surface area contributed by atoms with Crippen molar-refractivity contribution in [2.45, 2.75) is 33.0 Å². The predicted molar refractivity (Wildman–Crippen MR) is 43.4 cm³/mol. The van der Waals surface area contributed by atoms with Crippen LogP contribution in [0, 0.1) is 5.92 Å². The van der Waals surface area contributed by atoms with Crippen LogP contribution in [-0.2, 0) is 9.47 Å². The van der Waals surface area contributed by atoms with Gasteiger partial charge in [-0.25, -0.2) is 0 Å². The van der Waals surface area contributed by atoms with E-state index in [4.69, 9.17) is 9.47 Å². The summed E-state index contributed by atoms with van der Waals surface area (Å²) in [5, 5.41) is 0. The average Bonchev–Trinajstić information content (AvgIpc) is 2.49. The zero-order chi connectivity index (χ0) is 7.40. The third-order valence-electron chi connectivity index (χ3n) is 1.93. The van der Waals surface area contributed by atoms with Crippen molar-refractivity contribution in [2.75, 3.05) is 13.2 Å². The van der Waals surface area contributed by atoms with Crippen molar-refractivity contribution >= 4 is 0 Å². The molecule has 0 radical (unpaired) electrons. The van der Waals surface area contributed by atoms with Gasteiger partial charge in [-0.3, -0.25) is 0 Å². The van der Waals surface area contributed by atoms with Crippen molar-refractivity contribution in [3.8, 4) is 0 Å². The predicted octanol–water partition coefficient (Wildman–Crippen LogP) is 0.971. The lowest BCUT2D eigenvalue weighted by Gasteiger charge is -2.03. The monoisotopic (exact) mass is 162 g/mol. The molecule has 0 unspecified atom stereocenters. The molecule has 2 saturated heterocycles. The Kier molecular flexibility index (Phi) is 5.46. The van der Waals surface area contributed by atoms with Crippen LogP contribution in [0.4, 0.5) is 0 Å². The molecule has 0 aliphatic carbocycles. The second kappa shape index (κ2) is 5.52. The molecule has 2 rings (SSSR count). The lowest BCUT2D eigenvalue weighted by molar-refractivity contribution is -0.0904. The van der Waals surface area contributed by atoms with Crippen molar-refractivity contribution < 1.29 is 14.9 Å². The molecule has 3 heteroatoms. The second-order valence-electron chi connectivity index (χ2n) is 2.45. The number of hydrogen-bond donors (Lipinski definition) is 0. The first kappa shape index (κ1) is 10.9. The molecule has 2 heterocycles. The molecule has 3 nitrogen and oxygen atoms in total. The summed E-state index contributed by atoms with van der Waals surface area (Å²) in [7, 11) is 0. The topological polar surface area (TPSA) is 50.0 Å². The van der Waals surface area contributed by atoms with Gasteiger partial charge in [0.1, 0.15) is 0 Å². The van der Waals surface area contributed by atoms with Gasteiger partial charge in [-0.15, -0.1) is 0 Å². The van der Waals surface area contributed by atoms with Crippen LogP contribution >= 0.6 is 0 Å². The highest BCUT2D eigenvalue weighted by molar-refractivity contribution is 4.73. The van der Waals surface area contributed by atoms with E-state index in [1.54, 1.807) is 0 Å². The largest absolute Gasteiger partial charge is 0.412 e. The molecule has 0 spiro atoms. The summed E-state index contributed by atoms with van der Waals surface area (Å²) in [5.74, 6) is 0.731. The van der Waals surface area contributed by atoms with Crippen LogP contribution in [0.25, 0.3) is 0 Å². The lowest BCUT2D eigenvalue weighted by atomic mass is 10.1. The molecule has 0 aromatic carbocycles. The van der Waals surface area contributed by atoms with Gasteiger partial charge >= 0.3 is 0 Å². The molecule has 2 aliphatic heterocycles. The molecule has 0 aromatic rings. The van der Waals surface area contributed by atoms with Crippen LogP contribution in [0.5, 0.6) is 0 Å². The fourth-order valence-corrected chi connectivity index (χ4v) is 1.41. The third kappa shape index (κ3) is 2.43. The van der Waals surface area contributed by atoms with E-state index in [-0.39, 0.29) is 11.8 Å². The van der Waals surface area contributed by atoms with Gasteiger partial charge in [0.2, 0.25) is 0 Å². The fraction of sp³-hybridized carbons (Fsp3) is 1.00. The van der Waals surface area contributed by atoms with Gasteiger partial charge in [-0.05, 0) is 12.8 Å². The first-order valence-corrected chi connectivity index (χ1v) is 4.20. The third-order valence-corrected chi connectivity index (χ3v) is 1.93. The van der Waals surface area contributed by atoms with E-state index < -0.39 is 0 Å². The van der Waals surface area contributed by atoms with Crippen LogP contribution in [-0.4, -0.2) is 25.0 Å². The molecule has 2 aliphatic rings. The van der Waals surface area contributed by atoms with Crippen molar-refractivity contribution in [3.05, 3.63) is 0 Å². The summed E-state index contributed by atoms with van der Waals surface area (Å²) >= 11 is 0. The summed E-state index contributed by atoms with van der Waals surface area (Å²) in [5.41, 5.74) is 0.